The summed E-state index contributed by atoms with van der Waals surface area (Å²) in [5.41, 5.74) is 2.20. The third-order valence-electron chi connectivity index (χ3n) is 2.10. The number of nitrogens with one attached hydrogen (secondary N) is 2. The summed E-state index contributed by atoms with van der Waals surface area (Å²) < 4.78 is 0. The number of benzene rings is 1. The van der Waals surface area contributed by atoms with Crippen molar-refractivity contribution >= 4 is 5.69 Å². The summed E-state index contributed by atoms with van der Waals surface area (Å²) in [6.07, 6.45) is 7.74. The van der Waals surface area contributed by atoms with Crippen molar-refractivity contribution in [2.45, 2.75) is 0 Å². The monoisotopic (exact) mass is 214 g/mol. The highest BCUT2D eigenvalue weighted by molar-refractivity contribution is 5.43. The second-order valence-electron chi connectivity index (χ2n) is 3.25. The maximum absolute atomic E-state index is 3.64. The zero-order valence-corrected chi connectivity index (χ0v) is 9.61. The lowest BCUT2D eigenvalue weighted by molar-refractivity contribution is 1.02. The summed E-state index contributed by atoms with van der Waals surface area (Å²) in [4.78, 5) is 0. The Balaban J connectivity index is 2.46. The molecule has 2 N–H and O–H groups in total. The highest BCUT2D eigenvalue weighted by Gasteiger charge is 1.88. The van der Waals surface area contributed by atoms with E-state index >= 15 is 0 Å². The van der Waals surface area contributed by atoms with Crippen molar-refractivity contribution in [2.24, 2.45) is 0 Å². The molecule has 0 aliphatic carbocycles. The Labute approximate surface area is 97.4 Å². The maximum Gasteiger partial charge on any atom is 0.0353 e. The van der Waals surface area contributed by atoms with Gasteiger partial charge in [-0.2, -0.15) is 0 Å². The van der Waals surface area contributed by atoms with Crippen LogP contribution in [0.1, 0.15) is 0 Å². The van der Waals surface area contributed by atoms with Gasteiger partial charge in [-0.15, -0.1) is 0 Å². The van der Waals surface area contributed by atoms with Crippen molar-refractivity contribution in [3.05, 3.63) is 66.9 Å². The van der Waals surface area contributed by atoms with Crippen molar-refractivity contribution in [3.8, 4) is 0 Å². The smallest absolute Gasteiger partial charge is 0.0353 e. The molecule has 0 radical (unpaired) electrons. The molecule has 1 aromatic carbocycles. The van der Waals surface area contributed by atoms with E-state index in [9.17, 15) is 0 Å². The highest BCUT2D eigenvalue weighted by atomic mass is 14.9. The molecule has 0 aliphatic rings. The van der Waals surface area contributed by atoms with Crippen molar-refractivity contribution in [3.63, 3.8) is 0 Å². The van der Waals surface area contributed by atoms with E-state index in [0.29, 0.717) is 0 Å². The Morgan fingerprint density at radius 2 is 2.06 bits per heavy atom. The standard InChI is InChI=1S/C14H18N2/c1-3-4-8-13(15-2)11-12-16-14-9-6-5-7-10-14/h3-11,15-16H,1,12H2,2H3/b8-4-,13-11+. The van der Waals surface area contributed by atoms with Gasteiger partial charge in [-0.1, -0.05) is 36.9 Å². The number of rotatable bonds is 6. The first kappa shape index (κ1) is 12.1. The second-order valence-corrected chi connectivity index (χ2v) is 3.25. The quantitative estimate of drug-likeness (QED) is 0.711. The van der Waals surface area contributed by atoms with Gasteiger partial charge < -0.3 is 10.6 Å². The summed E-state index contributed by atoms with van der Waals surface area (Å²) >= 11 is 0. The van der Waals surface area contributed by atoms with E-state index in [1.807, 2.05) is 49.5 Å². The van der Waals surface area contributed by atoms with Gasteiger partial charge in [0.2, 0.25) is 0 Å². The number of likely N-dealkylation sites (N-methyl/N-ethyl adjacent to an activating group) is 1. The molecule has 0 unspecified atom stereocenters. The van der Waals surface area contributed by atoms with Gasteiger partial charge in [-0.3, -0.25) is 0 Å². The molecule has 0 heterocycles. The third kappa shape index (κ3) is 4.51. The van der Waals surface area contributed by atoms with Crippen LogP contribution < -0.4 is 10.6 Å². The number of hydrogen-bond acceptors (Lipinski definition) is 2. The Morgan fingerprint density at radius 3 is 2.69 bits per heavy atom. The molecule has 0 fully saturated rings. The molecule has 0 aromatic heterocycles. The largest absolute Gasteiger partial charge is 0.388 e. The molecule has 0 spiro atoms. The lowest BCUT2D eigenvalue weighted by Gasteiger charge is -2.04. The topological polar surface area (TPSA) is 24.1 Å². The molecule has 1 aromatic rings. The van der Waals surface area contributed by atoms with Crippen molar-refractivity contribution in [2.75, 3.05) is 18.9 Å². The van der Waals surface area contributed by atoms with Crippen LogP contribution in [-0.2, 0) is 0 Å². The van der Waals surface area contributed by atoms with Crippen LogP contribution in [0, 0.1) is 0 Å². The van der Waals surface area contributed by atoms with Gasteiger partial charge in [0.05, 0.1) is 0 Å². The van der Waals surface area contributed by atoms with Crippen LogP contribution >= 0.6 is 0 Å². The molecule has 0 atom stereocenters. The van der Waals surface area contributed by atoms with Gasteiger partial charge in [-0.05, 0) is 24.3 Å². The minimum Gasteiger partial charge on any atom is -0.388 e. The molecule has 0 aliphatic heterocycles. The van der Waals surface area contributed by atoms with E-state index in [2.05, 4.69) is 23.3 Å². The molecule has 0 bridgehead atoms. The van der Waals surface area contributed by atoms with Gasteiger partial charge >= 0.3 is 0 Å². The number of para-hydroxylation sites is 1. The van der Waals surface area contributed by atoms with Gasteiger partial charge in [0.1, 0.15) is 0 Å². The van der Waals surface area contributed by atoms with Crippen molar-refractivity contribution in [1.29, 1.82) is 0 Å². The molecular weight excluding hydrogens is 196 g/mol. The zero-order valence-electron chi connectivity index (χ0n) is 9.61. The summed E-state index contributed by atoms with van der Waals surface area (Å²) in [6, 6.07) is 10.1. The molecule has 16 heavy (non-hydrogen) atoms. The maximum atomic E-state index is 3.64. The lowest BCUT2D eigenvalue weighted by atomic mass is 10.3. The SMILES string of the molecule is C=C/C=C\C(=C/CNc1ccccc1)NC. The molecule has 1 rings (SSSR count). The molecule has 2 nitrogen and oxygen atoms in total. The fourth-order valence-corrected chi connectivity index (χ4v) is 1.26. The summed E-state index contributed by atoms with van der Waals surface area (Å²) in [7, 11) is 1.90. The van der Waals surface area contributed by atoms with E-state index in [0.717, 1.165) is 17.9 Å². The lowest BCUT2D eigenvalue weighted by Crippen LogP contribution is -2.06. The van der Waals surface area contributed by atoms with E-state index in [-0.39, 0.29) is 0 Å². The highest BCUT2D eigenvalue weighted by Crippen LogP contribution is 2.04. The van der Waals surface area contributed by atoms with Crippen molar-refractivity contribution in [1.82, 2.24) is 5.32 Å². The Morgan fingerprint density at radius 1 is 1.31 bits per heavy atom. The average Bonchev–Trinajstić information content (AvgIpc) is 2.35. The predicted octanol–water partition coefficient (Wildman–Crippen LogP) is 2.94. The second kappa shape index (κ2) is 7.35. The van der Waals surface area contributed by atoms with Crippen LogP contribution in [0.15, 0.2) is 66.9 Å². The van der Waals surface area contributed by atoms with Crippen LogP contribution in [0.3, 0.4) is 0 Å². The van der Waals surface area contributed by atoms with Gasteiger partial charge in [0.25, 0.3) is 0 Å². The molecule has 2 heteroatoms. The molecular formula is C14H18N2. The first-order valence-corrected chi connectivity index (χ1v) is 5.32. The van der Waals surface area contributed by atoms with Gasteiger partial charge in [-0.25, -0.2) is 0 Å². The van der Waals surface area contributed by atoms with Crippen LogP contribution in [0.25, 0.3) is 0 Å². The minimum atomic E-state index is 0.793. The Bertz CT molecular complexity index is 364. The normalized spacial score (nSPS) is 11.4. The number of hydrogen-bond donors (Lipinski definition) is 2. The molecule has 0 saturated carbocycles. The number of allylic oxidation sites excluding steroid dienone is 3. The summed E-state index contributed by atoms with van der Waals surface area (Å²) in [5.74, 6) is 0. The molecule has 0 amide bonds. The molecule has 0 saturated heterocycles. The minimum absolute atomic E-state index is 0.793. The van der Waals surface area contributed by atoms with E-state index < -0.39 is 0 Å². The van der Waals surface area contributed by atoms with E-state index in [1.165, 1.54) is 0 Å². The Kier molecular flexibility index (Phi) is 5.56. The fraction of sp³-hybridized carbons (Fsp3) is 0.143. The number of anilines is 1. The van der Waals surface area contributed by atoms with E-state index in [1.54, 1.807) is 6.08 Å². The van der Waals surface area contributed by atoms with E-state index in [4.69, 9.17) is 0 Å². The van der Waals surface area contributed by atoms with Gasteiger partial charge in [0, 0.05) is 25.0 Å². The van der Waals surface area contributed by atoms with Crippen LogP contribution in [-0.4, -0.2) is 13.6 Å². The van der Waals surface area contributed by atoms with Crippen LogP contribution in [0.2, 0.25) is 0 Å². The van der Waals surface area contributed by atoms with Crippen molar-refractivity contribution < 1.29 is 0 Å². The molecule has 84 valence electrons. The summed E-state index contributed by atoms with van der Waals surface area (Å²) in [5, 5.41) is 6.42. The summed E-state index contributed by atoms with van der Waals surface area (Å²) in [6.45, 7) is 4.43. The van der Waals surface area contributed by atoms with Crippen LogP contribution in [0.4, 0.5) is 5.69 Å². The van der Waals surface area contributed by atoms with Gasteiger partial charge in [0.15, 0.2) is 0 Å². The zero-order chi connectivity index (χ0) is 11.6. The third-order valence-corrected chi connectivity index (χ3v) is 2.10. The fourth-order valence-electron chi connectivity index (χ4n) is 1.26. The predicted molar refractivity (Wildman–Crippen MR) is 71.4 cm³/mol. The van der Waals surface area contributed by atoms with Crippen LogP contribution in [0.5, 0.6) is 0 Å². The average molecular weight is 214 g/mol. The Hall–Kier alpha value is -1.96. The first-order chi connectivity index (χ1) is 7.86. The first-order valence-electron chi connectivity index (χ1n) is 5.32.